The minimum Gasteiger partial charge on any atom is -0.465 e. The molecule has 2 aromatic rings. The first-order chi connectivity index (χ1) is 10.5. The fraction of sp³-hybridized carbons (Fsp3) is 0.125. The van der Waals surface area contributed by atoms with Crippen LogP contribution in [0.1, 0.15) is 26.3 Å². The van der Waals surface area contributed by atoms with Gasteiger partial charge in [0.1, 0.15) is 6.61 Å². The molecule has 0 aromatic heterocycles. The number of hydrogen-bond acceptors (Lipinski definition) is 4. The number of rotatable bonds is 4. The molecule has 4 nitrogen and oxygen atoms in total. The molecule has 0 spiro atoms. The van der Waals surface area contributed by atoms with Crippen LogP contribution in [0.15, 0.2) is 42.5 Å². The van der Waals surface area contributed by atoms with E-state index in [-0.39, 0.29) is 17.2 Å². The Kier molecular flexibility index (Phi) is 5.41. The van der Waals surface area contributed by atoms with Crippen LogP contribution in [0.4, 0.5) is 0 Å². The minimum atomic E-state index is -0.565. The summed E-state index contributed by atoms with van der Waals surface area (Å²) in [4.78, 5) is 23.3. The Morgan fingerprint density at radius 3 is 2.32 bits per heavy atom. The van der Waals surface area contributed by atoms with Gasteiger partial charge in [0.05, 0.1) is 28.3 Å². The van der Waals surface area contributed by atoms with Crippen molar-refractivity contribution in [3.8, 4) is 0 Å². The van der Waals surface area contributed by atoms with Crippen molar-refractivity contribution in [1.29, 1.82) is 0 Å². The highest BCUT2D eigenvalue weighted by molar-refractivity contribution is 6.43. The van der Waals surface area contributed by atoms with Crippen molar-refractivity contribution in [2.24, 2.45) is 0 Å². The summed E-state index contributed by atoms with van der Waals surface area (Å²) in [5.74, 6) is -0.987. The monoisotopic (exact) mass is 338 g/mol. The Morgan fingerprint density at radius 1 is 1.00 bits per heavy atom. The molecular weight excluding hydrogens is 327 g/mol. The van der Waals surface area contributed by atoms with Crippen LogP contribution in [0.3, 0.4) is 0 Å². The lowest BCUT2D eigenvalue weighted by Crippen LogP contribution is -2.06. The molecule has 0 saturated carbocycles. The van der Waals surface area contributed by atoms with Crippen LogP contribution >= 0.6 is 23.2 Å². The smallest absolute Gasteiger partial charge is 0.340 e. The second-order valence-electron chi connectivity index (χ2n) is 4.37. The van der Waals surface area contributed by atoms with E-state index in [1.165, 1.54) is 13.2 Å². The van der Waals surface area contributed by atoms with E-state index in [2.05, 4.69) is 4.74 Å². The number of benzene rings is 2. The summed E-state index contributed by atoms with van der Waals surface area (Å²) in [6.07, 6.45) is 0. The summed E-state index contributed by atoms with van der Waals surface area (Å²) >= 11 is 11.8. The van der Waals surface area contributed by atoms with Crippen LogP contribution in [-0.4, -0.2) is 19.0 Å². The van der Waals surface area contributed by atoms with Gasteiger partial charge in [-0.15, -0.1) is 0 Å². The molecule has 0 amide bonds. The summed E-state index contributed by atoms with van der Waals surface area (Å²) in [6.45, 7) is 0.0587. The second-order valence-corrected chi connectivity index (χ2v) is 5.15. The van der Waals surface area contributed by atoms with E-state index in [9.17, 15) is 9.59 Å². The van der Waals surface area contributed by atoms with Gasteiger partial charge >= 0.3 is 11.9 Å². The molecule has 0 unspecified atom stereocenters. The Labute approximate surface area is 137 Å². The standard InChI is InChI=1S/C16H12Cl2O4/c1-21-15(19)11-7-5-10(6-8-11)9-22-16(20)12-3-2-4-13(17)14(12)18/h2-8H,9H2,1H3. The summed E-state index contributed by atoms with van der Waals surface area (Å²) in [7, 11) is 1.31. The van der Waals surface area contributed by atoms with Gasteiger partial charge in [0.15, 0.2) is 0 Å². The number of esters is 2. The highest BCUT2D eigenvalue weighted by Crippen LogP contribution is 2.26. The third kappa shape index (κ3) is 3.78. The molecule has 0 aliphatic rings. The van der Waals surface area contributed by atoms with Crippen molar-refractivity contribution in [3.05, 3.63) is 69.2 Å². The minimum absolute atomic E-state index is 0.0587. The first-order valence-corrected chi connectivity index (χ1v) is 7.07. The Balaban J connectivity index is 2.02. The van der Waals surface area contributed by atoms with E-state index >= 15 is 0 Å². The molecule has 0 N–H and O–H groups in total. The highest BCUT2D eigenvalue weighted by Gasteiger charge is 2.14. The molecule has 0 bridgehead atoms. The number of ether oxygens (including phenoxy) is 2. The summed E-state index contributed by atoms with van der Waals surface area (Å²) < 4.78 is 9.78. The molecule has 2 rings (SSSR count). The Hall–Kier alpha value is -2.04. The maximum Gasteiger partial charge on any atom is 0.340 e. The summed E-state index contributed by atoms with van der Waals surface area (Å²) in [6, 6.07) is 11.3. The number of carbonyl (C=O) groups is 2. The lowest BCUT2D eigenvalue weighted by Gasteiger charge is -2.07. The van der Waals surface area contributed by atoms with Gasteiger partial charge in [-0.1, -0.05) is 41.4 Å². The molecule has 0 saturated heterocycles. The largest absolute Gasteiger partial charge is 0.465 e. The Morgan fingerprint density at radius 2 is 1.68 bits per heavy atom. The zero-order chi connectivity index (χ0) is 16.1. The van der Waals surface area contributed by atoms with Crippen LogP contribution in [0.5, 0.6) is 0 Å². The molecule has 6 heteroatoms. The Bertz CT molecular complexity index is 696. The van der Waals surface area contributed by atoms with E-state index < -0.39 is 11.9 Å². The van der Waals surface area contributed by atoms with Gasteiger partial charge in [0, 0.05) is 0 Å². The SMILES string of the molecule is COC(=O)c1ccc(COC(=O)c2cccc(Cl)c2Cl)cc1. The molecule has 114 valence electrons. The predicted molar refractivity (Wildman–Crippen MR) is 83.4 cm³/mol. The molecule has 0 heterocycles. The van der Waals surface area contributed by atoms with Gasteiger partial charge in [-0.25, -0.2) is 9.59 Å². The van der Waals surface area contributed by atoms with Gasteiger partial charge in [-0.2, -0.15) is 0 Å². The van der Waals surface area contributed by atoms with Gasteiger partial charge in [0.25, 0.3) is 0 Å². The van der Waals surface area contributed by atoms with Crippen LogP contribution in [0.25, 0.3) is 0 Å². The third-order valence-electron chi connectivity index (χ3n) is 2.92. The zero-order valence-corrected chi connectivity index (χ0v) is 13.1. The van der Waals surface area contributed by atoms with E-state index in [1.807, 2.05) is 0 Å². The molecule has 0 aliphatic heterocycles. The first-order valence-electron chi connectivity index (χ1n) is 6.31. The third-order valence-corrected chi connectivity index (χ3v) is 3.74. The number of carbonyl (C=O) groups excluding carboxylic acids is 2. The molecule has 0 atom stereocenters. The average molecular weight is 339 g/mol. The van der Waals surface area contributed by atoms with Gasteiger partial charge in [-0.05, 0) is 29.8 Å². The summed E-state index contributed by atoms with van der Waals surface area (Å²) in [5.41, 5.74) is 1.37. The van der Waals surface area contributed by atoms with Crippen LogP contribution in [0.2, 0.25) is 10.0 Å². The van der Waals surface area contributed by atoms with Gasteiger partial charge in [-0.3, -0.25) is 0 Å². The fourth-order valence-corrected chi connectivity index (χ4v) is 2.12. The maximum atomic E-state index is 12.0. The van der Waals surface area contributed by atoms with Gasteiger partial charge < -0.3 is 9.47 Å². The molecule has 22 heavy (non-hydrogen) atoms. The van der Waals surface area contributed by atoms with E-state index in [4.69, 9.17) is 27.9 Å². The first kappa shape index (κ1) is 16.3. The lowest BCUT2D eigenvalue weighted by atomic mass is 10.1. The van der Waals surface area contributed by atoms with E-state index in [0.29, 0.717) is 10.6 Å². The van der Waals surface area contributed by atoms with Crippen molar-refractivity contribution >= 4 is 35.1 Å². The number of hydrogen-bond donors (Lipinski definition) is 0. The number of halogens is 2. The highest BCUT2D eigenvalue weighted by atomic mass is 35.5. The topological polar surface area (TPSA) is 52.6 Å². The van der Waals surface area contributed by atoms with E-state index in [0.717, 1.165) is 5.56 Å². The van der Waals surface area contributed by atoms with Crippen LogP contribution in [-0.2, 0) is 16.1 Å². The summed E-state index contributed by atoms with van der Waals surface area (Å²) in [5, 5.41) is 0.453. The van der Waals surface area contributed by atoms with Crippen molar-refractivity contribution in [2.45, 2.75) is 6.61 Å². The molecule has 2 aromatic carbocycles. The number of methoxy groups -OCH3 is 1. The average Bonchev–Trinajstić information content (AvgIpc) is 2.55. The van der Waals surface area contributed by atoms with Gasteiger partial charge in [0.2, 0.25) is 0 Å². The molecule has 0 radical (unpaired) electrons. The molecule has 0 fully saturated rings. The van der Waals surface area contributed by atoms with Crippen molar-refractivity contribution in [1.82, 2.24) is 0 Å². The normalized spacial score (nSPS) is 10.1. The van der Waals surface area contributed by atoms with E-state index in [1.54, 1.807) is 36.4 Å². The van der Waals surface area contributed by atoms with Crippen LogP contribution < -0.4 is 0 Å². The zero-order valence-electron chi connectivity index (χ0n) is 11.6. The van der Waals surface area contributed by atoms with Crippen LogP contribution in [0, 0.1) is 0 Å². The fourth-order valence-electron chi connectivity index (χ4n) is 1.74. The predicted octanol–water partition coefficient (Wildman–Crippen LogP) is 4.14. The quantitative estimate of drug-likeness (QED) is 0.786. The second kappa shape index (κ2) is 7.29. The van der Waals surface area contributed by atoms with Crippen molar-refractivity contribution < 1.29 is 19.1 Å². The lowest BCUT2D eigenvalue weighted by molar-refractivity contribution is 0.0471. The molecule has 0 aliphatic carbocycles. The van der Waals surface area contributed by atoms with Crippen molar-refractivity contribution in [2.75, 3.05) is 7.11 Å². The molecular formula is C16H12Cl2O4. The van der Waals surface area contributed by atoms with Crippen molar-refractivity contribution in [3.63, 3.8) is 0 Å². The maximum absolute atomic E-state index is 12.0.